The normalized spacial score (nSPS) is 19.1. The molecule has 0 amide bonds. The molecule has 1 aliphatic rings. The molecule has 0 aliphatic carbocycles. The highest BCUT2D eigenvalue weighted by atomic mass is 19.4. The van der Waals surface area contributed by atoms with Crippen LogP contribution in [-0.4, -0.2) is 28.5 Å². The van der Waals surface area contributed by atoms with Crippen LogP contribution in [0.3, 0.4) is 0 Å². The fourth-order valence-corrected chi connectivity index (χ4v) is 1.69. The van der Waals surface area contributed by atoms with Crippen molar-refractivity contribution < 1.29 is 22.7 Å². The van der Waals surface area contributed by atoms with Gasteiger partial charge in [-0.05, 0) is 6.42 Å². The Hall–Kier alpha value is -1.88. The van der Waals surface area contributed by atoms with Crippen molar-refractivity contribution in [3.8, 4) is 6.07 Å². The number of aldehydes is 1. The molecule has 1 aliphatic heterocycles. The first-order valence-electron chi connectivity index (χ1n) is 5.12. The van der Waals surface area contributed by atoms with E-state index in [0.29, 0.717) is 13.0 Å². The summed E-state index contributed by atoms with van der Waals surface area (Å²) in [4.78, 5) is 13.9. The number of hydrogen-bond donors (Lipinski definition) is 0. The quantitative estimate of drug-likeness (QED) is 0.769. The van der Waals surface area contributed by atoms with Crippen molar-refractivity contribution in [2.24, 2.45) is 0 Å². The van der Waals surface area contributed by atoms with E-state index >= 15 is 0 Å². The Balaban J connectivity index is 2.45. The molecule has 1 unspecified atom stereocenters. The van der Waals surface area contributed by atoms with Gasteiger partial charge in [-0.1, -0.05) is 0 Å². The number of ether oxygens (including phenoxy) is 1. The molecular weight excluding hydrogens is 251 g/mol. The van der Waals surface area contributed by atoms with Gasteiger partial charge in [-0.2, -0.15) is 18.4 Å². The predicted molar refractivity (Wildman–Crippen MR) is 51.7 cm³/mol. The minimum atomic E-state index is -4.76. The van der Waals surface area contributed by atoms with Gasteiger partial charge in [0, 0.05) is 6.61 Å². The van der Waals surface area contributed by atoms with Crippen molar-refractivity contribution in [1.82, 2.24) is 9.55 Å². The first-order chi connectivity index (χ1) is 8.47. The second-order valence-electron chi connectivity index (χ2n) is 3.79. The highest BCUT2D eigenvalue weighted by molar-refractivity contribution is 5.70. The van der Waals surface area contributed by atoms with Crippen molar-refractivity contribution in [2.45, 2.75) is 25.2 Å². The van der Waals surface area contributed by atoms with Crippen molar-refractivity contribution in [3.63, 3.8) is 0 Å². The monoisotopic (exact) mass is 259 g/mol. The van der Waals surface area contributed by atoms with Gasteiger partial charge in [-0.25, -0.2) is 4.98 Å². The summed E-state index contributed by atoms with van der Waals surface area (Å²) in [5, 5.41) is 8.81. The summed E-state index contributed by atoms with van der Waals surface area (Å²) in [5.74, 6) is -0.408. The van der Waals surface area contributed by atoms with Crippen molar-refractivity contribution >= 4 is 6.29 Å². The Morgan fingerprint density at radius 1 is 1.61 bits per heavy atom. The van der Waals surface area contributed by atoms with Gasteiger partial charge in [0.25, 0.3) is 0 Å². The Morgan fingerprint density at radius 2 is 2.28 bits per heavy atom. The first-order valence-corrected chi connectivity index (χ1v) is 5.12. The highest BCUT2D eigenvalue weighted by Gasteiger charge is 2.39. The summed E-state index contributed by atoms with van der Waals surface area (Å²) in [6, 6.07) is 1.45. The van der Waals surface area contributed by atoms with E-state index in [0.717, 1.165) is 4.57 Å². The molecule has 96 valence electrons. The number of imidazole rings is 1. The molecule has 2 heterocycles. The minimum Gasteiger partial charge on any atom is -0.376 e. The molecule has 0 N–H and O–H groups in total. The van der Waals surface area contributed by atoms with Crippen LogP contribution in [0.5, 0.6) is 0 Å². The van der Waals surface area contributed by atoms with Crippen LogP contribution in [-0.2, 0) is 17.5 Å². The Bertz CT molecular complexity index is 512. The van der Waals surface area contributed by atoms with Crippen molar-refractivity contribution in [3.05, 3.63) is 17.2 Å². The number of halogens is 3. The largest absolute Gasteiger partial charge is 0.436 e. The number of nitriles is 1. The summed E-state index contributed by atoms with van der Waals surface area (Å²) in [6.45, 7) is 0.559. The van der Waals surface area contributed by atoms with Crippen molar-refractivity contribution in [2.75, 3.05) is 6.61 Å². The molecule has 18 heavy (non-hydrogen) atoms. The van der Waals surface area contributed by atoms with E-state index in [1.165, 1.54) is 6.07 Å². The molecule has 0 aromatic carbocycles. The Kier molecular flexibility index (Phi) is 3.09. The molecule has 8 heteroatoms. The van der Waals surface area contributed by atoms with Gasteiger partial charge in [-0.15, -0.1) is 0 Å². The number of hydrogen-bond acceptors (Lipinski definition) is 4. The van der Waals surface area contributed by atoms with E-state index in [1.54, 1.807) is 0 Å². The van der Waals surface area contributed by atoms with Crippen LogP contribution in [0.4, 0.5) is 13.2 Å². The molecule has 0 bridgehead atoms. The van der Waals surface area contributed by atoms with E-state index in [9.17, 15) is 18.0 Å². The summed E-state index contributed by atoms with van der Waals surface area (Å²) in [5.41, 5.74) is -1.98. The van der Waals surface area contributed by atoms with Gasteiger partial charge in [-0.3, -0.25) is 4.79 Å². The fourth-order valence-electron chi connectivity index (χ4n) is 1.69. The first kappa shape index (κ1) is 12.6. The number of carbonyl (C=O) groups is 1. The van der Waals surface area contributed by atoms with Crippen molar-refractivity contribution in [1.29, 1.82) is 5.26 Å². The van der Waals surface area contributed by atoms with E-state index in [1.807, 2.05) is 0 Å². The lowest BCUT2D eigenvalue weighted by molar-refractivity contribution is -0.141. The third kappa shape index (κ3) is 2.09. The predicted octanol–water partition coefficient (Wildman–Crippen LogP) is 1.37. The summed E-state index contributed by atoms with van der Waals surface area (Å²) in [7, 11) is 0. The molecule has 1 aromatic heterocycles. The standard InChI is InChI=1S/C10H8F3N3O2/c11-10(12,13)9-7(3-14)16(8(5-17)15-9)4-6-1-2-18-6/h5-6H,1-2,4H2. The number of nitrogens with zero attached hydrogens (tertiary/aromatic N) is 3. The SMILES string of the molecule is N#Cc1c(C(F)(F)F)nc(C=O)n1CC1CCO1. The van der Waals surface area contributed by atoms with E-state index in [4.69, 9.17) is 10.00 Å². The molecule has 2 rings (SSSR count). The van der Waals surface area contributed by atoms with Gasteiger partial charge >= 0.3 is 6.18 Å². The zero-order valence-corrected chi connectivity index (χ0v) is 9.07. The molecule has 1 saturated heterocycles. The van der Waals surface area contributed by atoms with Crippen LogP contribution < -0.4 is 0 Å². The molecular formula is C10H8F3N3O2. The molecule has 1 aromatic rings. The number of carbonyl (C=O) groups excluding carboxylic acids is 1. The van der Waals surface area contributed by atoms with E-state index < -0.39 is 23.4 Å². The molecule has 5 nitrogen and oxygen atoms in total. The molecule has 0 radical (unpaired) electrons. The summed E-state index contributed by atoms with van der Waals surface area (Å²) in [6.07, 6.45) is -4.14. The van der Waals surface area contributed by atoms with Crippen LogP contribution in [0, 0.1) is 11.3 Å². The minimum absolute atomic E-state index is 0.0278. The van der Waals surface area contributed by atoms with Gasteiger partial charge in [0.1, 0.15) is 6.07 Å². The maximum Gasteiger partial charge on any atom is 0.436 e. The summed E-state index contributed by atoms with van der Waals surface area (Å²) < 4.78 is 43.9. The second-order valence-corrected chi connectivity index (χ2v) is 3.79. The van der Waals surface area contributed by atoms with Gasteiger partial charge < -0.3 is 9.30 Å². The van der Waals surface area contributed by atoms with Gasteiger partial charge in [0.2, 0.25) is 0 Å². The molecule has 0 spiro atoms. The van der Waals surface area contributed by atoms with Crippen LogP contribution in [0.2, 0.25) is 0 Å². The topological polar surface area (TPSA) is 67.9 Å². The lowest BCUT2D eigenvalue weighted by Gasteiger charge is -2.27. The second kappa shape index (κ2) is 4.42. The van der Waals surface area contributed by atoms with Gasteiger partial charge in [0.05, 0.1) is 12.6 Å². The zero-order chi connectivity index (χ0) is 13.3. The number of alkyl halides is 3. The third-order valence-electron chi connectivity index (χ3n) is 2.66. The fraction of sp³-hybridized carbons (Fsp3) is 0.500. The maximum atomic E-state index is 12.6. The average molecular weight is 259 g/mol. The Morgan fingerprint density at radius 3 is 2.67 bits per heavy atom. The lowest BCUT2D eigenvalue weighted by atomic mass is 10.2. The highest BCUT2D eigenvalue weighted by Crippen LogP contribution is 2.31. The number of aromatic nitrogens is 2. The summed E-state index contributed by atoms with van der Waals surface area (Å²) >= 11 is 0. The smallest absolute Gasteiger partial charge is 0.376 e. The maximum absolute atomic E-state index is 12.6. The average Bonchev–Trinajstić information content (AvgIpc) is 2.60. The van der Waals surface area contributed by atoms with E-state index in [-0.39, 0.29) is 18.9 Å². The van der Waals surface area contributed by atoms with Crippen LogP contribution in [0.15, 0.2) is 0 Å². The van der Waals surface area contributed by atoms with E-state index in [2.05, 4.69) is 4.98 Å². The molecule has 1 atom stereocenters. The van der Waals surface area contributed by atoms with Crippen LogP contribution in [0.1, 0.15) is 28.4 Å². The third-order valence-corrected chi connectivity index (χ3v) is 2.66. The number of rotatable bonds is 3. The molecule has 1 fully saturated rings. The molecule has 0 saturated carbocycles. The van der Waals surface area contributed by atoms with Crippen LogP contribution in [0.25, 0.3) is 0 Å². The Labute approximate surface area is 99.8 Å². The van der Waals surface area contributed by atoms with Gasteiger partial charge in [0.15, 0.2) is 23.5 Å². The zero-order valence-electron chi connectivity index (χ0n) is 9.07. The lowest BCUT2D eigenvalue weighted by Crippen LogP contribution is -2.32. The van der Waals surface area contributed by atoms with Crippen LogP contribution >= 0.6 is 0 Å².